The number of nitrogens with two attached hydrogens (primary N) is 1. The minimum Gasteiger partial charge on any atom is -0.373 e. The molecule has 10 heteroatoms. The number of carbonyl (C=O) groups excluding carboxylic acids is 2. The summed E-state index contributed by atoms with van der Waals surface area (Å²) in [5, 5.41) is 9.72. The number of aliphatic imine (C=N–C) groups is 1. The number of amides is 2. The minimum atomic E-state index is -1.17. The number of allylic oxidation sites excluding steroid dienone is 1. The van der Waals surface area contributed by atoms with Crippen LogP contribution in [0.15, 0.2) is 41.5 Å². The number of alkyl halides is 1. The lowest BCUT2D eigenvalue weighted by molar-refractivity contribution is -0.127. The van der Waals surface area contributed by atoms with Crippen molar-refractivity contribution in [2.24, 2.45) is 16.6 Å². The van der Waals surface area contributed by atoms with Crippen LogP contribution in [0.25, 0.3) is 0 Å². The third kappa shape index (κ3) is 8.59. The summed E-state index contributed by atoms with van der Waals surface area (Å²) in [4.78, 5) is 35.2. The maximum Gasteiger partial charge on any atom is 0.253 e. The summed E-state index contributed by atoms with van der Waals surface area (Å²) in [7, 11) is 2.07. The number of hydrogen-bond acceptors (Lipinski definition) is 7. The van der Waals surface area contributed by atoms with Gasteiger partial charge in [-0.3, -0.25) is 14.6 Å². The van der Waals surface area contributed by atoms with E-state index in [1.807, 2.05) is 36.1 Å². The smallest absolute Gasteiger partial charge is 0.253 e. The molecule has 3 rings (SSSR count). The van der Waals surface area contributed by atoms with Gasteiger partial charge in [0.15, 0.2) is 0 Å². The van der Waals surface area contributed by atoms with Gasteiger partial charge in [-0.25, -0.2) is 4.39 Å². The number of likely N-dealkylation sites (N-methyl/N-ethyl adjacent to an activating group) is 1. The number of nitrogens with zero attached hydrogens (tertiary/aromatic N) is 3. The molecule has 222 valence electrons. The lowest BCUT2D eigenvalue weighted by Gasteiger charge is -2.36. The van der Waals surface area contributed by atoms with E-state index in [9.17, 15) is 14.0 Å². The third-order valence-electron chi connectivity index (χ3n) is 8.07. The van der Waals surface area contributed by atoms with E-state index in [1.165, 1.54) is 6.21 Å². The molecule has 6 unspecified atom stereocenters. The SMILES string of the molecule is C=C(CC)NC(N)C(C(=O)NC1CNCCC1c1ccc(C(=O)N2CCN(C)CC2)cc1)C(C)N=CC(F)CC. The molecule has 2 aliphatic heterocycles. The molecule has 40 heavy (non-hydrogen) atoms. The molecule has 2 saturated heterocycles. The van der Waals surface area contributed by atoms with Gasteiger partial charge in [0.2, 0.25) is 5.91 Å². The first-order chi connectivity index (χ1) is 19.1. The Kier molecular flexibility index (Phi) is 12.1. The van der Waals surface area contributed by atoms with Gasteiger partial charge in [-0.1, -0.05) is 32.6 Å². The molecule has 1 aromatic rings. The Labute approximate surface area is 238 Å². The highest BCUT2D eigenvalue weighted by atomic mass is 19.1. The molecule has 2 amide bonds. The lowest BCUT2D eigenvalue weighted by atomic mass is 9.85. The maximum atomic E-state index is 13.9. The van der Waals surface area contributed by atoms with Gasteiger partial charge in [0.1, 0.15) is 6.17 Å². The highest BCUT2D eigenvalue weighted by molar-refractivity contribution is 5.94. The Morgan fingerprint density at radius 3 is 2.52 bits per heavy atom. The van der Waals surface area contributed by atoms with Gasteiger partial charge in [-0.15, -0.1) is 0 Å². The van der Waals surface area contributed by atoms with E-state index in [1.54, 1.807) is 13.8 Å². The van der Waals surface area contributed by atoms with E-state index in [0.717, 1.165) is 50.4 Å². The number of carbonyl (C=O) groups is 2. The topological polar surface area (TPSA) is 115 Å². The number of nitrogens with one attached hydrogen (secondary N) is 3. The standard InChI is InChI=1S/C30H48FN7O2/c1-6-20(3)35-28(32)27(21(4)34-18-24(31)7-2)29(39)36-26-19-33-13-12-25(26)22-8-10-23(11-9-22)30(40)38-16-14-37(5)15-17-38/h8-11,18,21,24-28,33,35H,3,6-7,12-17,19,32H2,1-2,4-5H3,(H,36,39). The first-order valence-electron chi connectivity index (χ1n) is 14.6. The summed E-state index contributed by atoms with van der Waals surface area (Å²) in [6.07, 6.45) is 1.20. The van der Waals surface area contributed by atoms with E-state index in [0.29, 0.717) is 24.9 Å². The summed E-state index contributed by atoms with van der Waals surface area (Å²) >= 11 is 0. The van der Waals surface area contributed by atoms with Crippen LogP contribution in [0.1, 0.15) is 61.9 Å². The zero-order valence-electron chi connectivity index (χ0n) is 24.5. The van der Waals surface area contributed by atoms with Crippen molar-refractivity contribution >= 4 is 18.0 Å². The molecule has 0 aliphatic carbocycles. The second kappa shape index (κ2) is 15.3. The molecule has 0 bridgehead atoms. The Morgan fingerprint density at radius 2 is 1.90 bits per heavy atom. The maximum absolute atomic E-state index is 13.9. The summed E-state index contributed by atoms with van der Waals surface area (Å²) in [5.41, 5.74) is 8.93. The second-order valence-electron chi connectivity index (χ2n) is 11.0. The molecule has 0 saturated carbocycles. The number of hydrogen-bond donors (Lipinski definition) is 4. The molecule has 9 nitrogen and oxygen atoms in total. The van der Waals surface area contributed by atoms with Crippen LogP contribution < -0.4 is 21.7 Å². The summed E-state index contributed by atoms with van der Waals surface area (Å²) < 4.78 is 13.9. The van der Waals surface area contributed by atoms with Gasteiger partial charge < -0.3 is 31.5 Å². The molecule has 2 fully saturated rings. The average Bonchev–Trinajstić information content (AvgIpc) is 2.96. The van der Waals surface area contributed by atoms with Gasteiger partial charge >= 0.3 is 0 Å². The number of piperazine rings is 1. The van der Waals surface area contributed by atoms with Crippen molar-refractivity contribution in [1.29, 1.82) is 0 Å². The van der Waals surface area contributed by atoms with Gasteiger partial charge in [0, 0.05) is 62.2 Å². The van der Waals surface area contributed by atoms with Crippen molar-refractivity contribution in [2.75, 3.05) is 46.3 Å². The van der Waals surface area contributed by atoms with E-state index in [2.05, 4.69) is 39.5 Å². The predicted molar refractivity (Wildman–Crippen MR) is 159 cm³/mol. The molecular formula is C30H48FN7O2. The molecule has 2 heterocycles. The first-order valence-corrected chi connectivity index (χ1v) is 14.6. The Hall–Kier alpha value is -2.82. The molecule has 0 radical (unpaired) electrons. The van der Waals surface area contributed by atoms with Crippen molar-refractivity contribution in [1.82, 2.24) is 25.8 Å². The molecule has 6 atom stereocenters. The van der Waals surface area contributed by atoms with E-state index >= 15 is 0 Å². The van der Waals surface area contributed by atoms with Crippen molar-refractivity contribution in [3.8, 4) is 0 Å². The molecule has 0 spiro atoms. The largest absolute Gasteiger partial charge is 0.373 e. The monoisotopic (exact) mass is 557 g/mol. The normalized spacial score (nSPS) is 23.3. The van der Waals surface area contributed by atoms with Gasteiger partial charge in [0.25, 0.3) is 5.91 Å². The van der Waals surface area contributed by atoms with Gasteiger partial charge in [-0.2, -0.15) is 0 Å². The minimum absolute atomic E-state index is 0.0564. The Balaban J connectivity index is 1.74. The third-order valence-corrected chi connectivity index (χ3v) is 8.07. The van der Waals surface area contributed by atoms with Crippen LogP contribution in [0.5, 0.6) is 0 Å². The second-order valence-corrected chi connectivity index (χ2v) is 11.0. The van der Waals surface area contributed by atoms with Crippen molar-refractivity contribution in [3.05, 3.63) is 47.7 Å². The van der Waals surface area contributed by atoms with Crippen LogP contribution in [0.3, 0.4) is 0 Å². The zero-order chi connectivity index (χ0) is 29.2. The van der Waals surface area contributed by atoms with Crippen molar-refractivity contribution in [3.63, 3.8) is 0 Å². The highest BCUT2D eigenvalue weighted by Crippen LogP contribution is 2.27. The summed E-state index contributed by atoms with van der Waals surface area (Å²) in [6.45, 7) is 14.1. The predicted octanol–water partition coefficient (Wildman–Crippen LogP) is 2.26. The van der Waals surface area contributed by atoms with E-state index < -0.39 is 24.3 Å². The lowest BCUT2D eigenvalue weighted by Crippen LogP contribution is -2.57. The fourth-order valence-electron chi connectivity index (χ4n) is 5.29. The molecule has 1 aromatic carbocycles. The number of piperidine rings is 1. The van der Waals surface area contributed by atoms with Crippen LogP contribution in [-0.2, 0) is 4.79 Å². The number of rotatable bonds is 12. The quantitative estimate of drug-likeness (QED) is 0.232. The van der Waals surface area contributed by atoms with Crippen LogP contribution in [0.4, 0.5) is 4.39 Å². The number of benzene rings is 1. The van der Waals surface area contributed by atoms with Gasteiger partial charge in [-0.05, 0) is 57.5 Å². The van der Waals surface area contributed by atoms with E-state index in [-0.39, 0.29) is 23.8 Å². The number of halogens is 1. The Bertz CT molecular complexity index is 1010. The van der Waals surface area contributed by atoms with Crippen LogP contribution in [0.2, 0.25) is 0 Å². The fraction of sp³-hybridized carbons (Fsp3) is 0.633. The zero-order valence-corrected chi connectivity index (χ0v) is 24.5. The average molecular weight is 558 g/mol. The summed E-state index contributed by atoms with van der Waals surface area (Å²) in [5.74, 6) is -0.834. The molecule has 5 N–H and O–H groups in total. The first kappa shape index (κ1) is 31.7. The molecule has 2 aliphatic rings. The van der Waals surface area contributed by atoms with Crippen LogP contribution in [-0.4, -0.2) is 98.6 Å². The molecule has 0 aromatic heterocycles. The fourth-order valence-corrected chi connectivity index (χ4v) is 5.29. The Morgan fingerprint density at radius 1 is 1.23 bits per heavy atom. The van der Waals surface area contributed by atoms with Crippen LogP contribution >= 0.6 is 0 Å². The van der Waals surface area contributed by atoms with Crippen molar-refractivity contribution in [2.45, 2.75) is 70.4 Å². The summed E-state index contributed by atoms with van der Waals surface area (Å²) in [6, 6.07) is 7.10. The highest BCUT2D eigenvalue weighted by Gasteiger charge is 2.35. The van der Waals surface area contributed by atoms with Crippen molar-refractivity contribution < 1.29 is 14.0 Å². The van der Waals surface area contributed by atoms with Crippen LogP contribution in [0, 0.1) is 5.92 Å². The van der Waals surface area contributed by atoms with Gasteiger partial charge in [0.05, 0.1) is 18.1 Å². The molecular weight excluding hydrogens is 509 g/mol. The van der Waals surface area contributed by atoms with E-state index in [4.69, 9.17) is 5.73 Å².